The first-order valence-corrected chi connectivity index (χ1v) is 13.9. The summed E-state index contributed by atoms with van der Waals surface area (Å²) in [6.45, 7) is 8.27. The lowest BCUT2D eigenvalue weighted by Crippen LogP contribution is -2.42. The predicted octanol–water partition coefficient (Wildman–Crippen LogP) is 5.80. The number of carbonyl (C=O) groups is 1. The van der Waals surface area contributed by atoms with Crippen LogP contribution >= 0.6 is 12.2 Å². The van der Waals surface area contributed by atoms with Crippen LogP contribution in [0.5, 0.6) is 5.75 Å². The lowest BCUT2D eigenvalue weighted by Gasteiger charge is -2.24. The zero-order valence-corrected chi connectivity index (χ0v) is 23.1. The molecule has 7 nitrogen and oxygen atoms in total. The molecule has 0 atom stereocenters. The van der Waals surface area contributed by atoms with Crippen molar-refractivity contribution in [1.82, 2.24) is 5.32 Å². The number of nitrogens with one attached hydrogen (secondary N) is 3. The van der Waals surface area contributed by atoms with Gasteiger partial charge in [0.1, 0.15) is 5.75 Å². The maximum Gasteiger partial charge on any atom is 0.261 e. The van der Waals surface area contributed by atoms with E-state index in [2.05, 4.69) is 15.4 Å². The maximum absolute atomic E-state index is 12.8. The number of ether oxygens (including phenoxy) is 1. The van der Waals surface area contributed by atoms with Crippen LogP contribution in [0.3, 0.4) is 0 Å². The van der Waals surface area contributed by atoms with Crippen LogP contribution in [0.4, 0.5) is 11.4 Å². The summed E-state index contributed by atoms with van der Waals surface area (Å²) in [4.78, 5) is 12.9. The van der Waals surface area contributed by atoms with E-state index in [9.17, 15) is 13.2 Å². The molecule has 3 N–H and O–H groups in total. The molecule has 3 rings (SSSR count). The molecule has 0 saturated heterocycles. The van der Waals surface area contributed by atoms with E-state index in [0.717, 1.165) is 16.9 Å². The lowest BCUT2D eigenvalue weighted by atomic mass is 9.87. The number of rotatable bonds is 10. The standard InChI is InChI=1S/C28H33N3O4S2/c1-20-11-12-21(2)25(19-20)35-18-8-17-28(3,4)26(32)30-27(36)29-22-13-15-24(16-14-22)37(33,34)31-23-9-6-5-7-10-23/h5-7,9-16,19,31H,8,17-18H2,1-4H3,(H2,29,30,32,36). The number of para-hydroxylation sites is 1. The van der Waals surface area contributed by atoms with Gasteiger partial charge in [-0.05, 0) is 92.5 Å². The van der Waals surface area contributed by atoms with Crippen molar-refractivity contribution in [1.29, 1.82) is 0 Å². The summed E-state index contributed by atoms with van der Waals surface area (Å²) < 4.78 is 33.6. The third-order valence-electron chi connectivity index (χ3n) is 5.84. The first-order chi connectivity index (χ1) is 17.5. The zero-order valence-electron chi connectivity index (χ0n) is 21.5. The number of thiocarbonyl (C=S) groups is 1. The van der Waals surface area contributed by atoms with Crippen molar-refractivity contribution in [3.63, 3.8) is 0 Å². The van der Waals surface area contributed by atoms with E-state index in [4.69, 9.17) is 17.0 Å². The molecule has 0 aromatic heterocycles. The number of hydrogen-bond acceptors (Lipinski definition) is 5. The van der Waals surface area contributed by atoms with E-state index in [1.807, 2.05) is 52.0 Å². The minimum absolute atomic E-state index is 0.112. The first kappa shape index (κ1) is 28.1. The highest BCUT2D eigenvalue weighted by atomic mass is 32.2. The molecule has 3 aromatic carbocycles. The highest BCUT2D eigenvalue weighted by molar-refractivity contribution is 7.92. The largest absolute Gasteiger partial charge is 0.493 e. The van der Waals surface area contributed by atoms with Crippen molar-refractivity contribution < 1.29 is 17.9 Å². The van der Waals surface area contributed by atoms with Gasteiger partial charge in [0.15, 0.2) is 5.11 Å². The topological polar surface area (TPSA) is 96.5 Å². The average molecular weight is 540 g/mol. The Bertz CT molecular complexity index is 1340. The number of carbonyl (C=O) groups excluding carboxylic acids is 1. The number of sulfonamides is 1. The number of hydrogen-bond donors (Lipinski definition) is 3. The molecule has 0 aliphatic carbocycles. The third-order valence-corrected chi connectivity index (χ3v) is 7.44. The van der Waals surface area contributed by atoms with Gasteiger partial charge in [-0.3, -0.25) is 9.52 Å². The summed E-state index contributed by atoms with van der Waals surface area (Å²) in [6, 6.07) is 20.9. The van der Waals surface area contributed by atoms with Gasteiger partial charge < -0.3 is 15.4 Å². The number of aryl methyl sites for hydroxylation is 2. The predicted molar refractivity (Wildman–Crippen MR) is 152 cm³/mol. The fourth-order valence-electron chi connectivity index (χ4n) is 3.54. The third kappa shape index (κ3) is 8.30. The summed E-state index contributed by atoms with van der Waals surface area (Å²) in [5.74, 6) is 0.658. The Morgan fingerprint density at radius 1 is 0.946 bits per heavy atom. The van der Waals surface area contributed by atoms with Gasteiger partial charge in [0, 0.05) is 16.8 Å². The lowest BCUT2D eigenvalue weighted by molar-refractivity contribution is -0.128. The van der Waals surface area contributed by atoms with Gasteiger partial charge in [-0.2, -0.15) is 0 Å². The van der Waals surface area contributed by atoms with E-state index in [0.29, 0.717) is 30.8 Å². The molecule has 0 aliphatic rings. The van der Waals surface area contributed by atoms with Crippen molar-refractivity contribution in [3.8, 4) is 5.75 Å². The van der Waals surface area contributed by atoms with E-state index in [1.165, 1.54) is 12.1 Å². The van der Waals surface area contributed by atoms with Crippen molar-refractivity contribution in [2.75, 3.05) is 16.6 Å². The Morgan fingerprint density at radius 2 is 1.62 bits per heavy atom. The molecule has 0 radical (unpaired) electrons. The molecule has 0 spiro atoms. The Balaban J connectivity index is 1.48. The maximum atomic E-state index is 12.8. The van der Waals surface area contributed by atoms with Crippen molar-refractivity contribution in [2.24, 2.45) is 5.41 Å². The molecule has 0 bridgehead atoms. The molecule has 0 saturated carbocycles. The van der Waals surface area contributed by atoms with Crippen LogP contribution in [-0.2, 0) is 14.8 Å². The van der Waals surface area contributed by atoms with Gasteiger partial charge in [-0.15, -0.1) is 0 Å². The second kappa shape index (κ2) is 12.2. The Kier molecular flexibility index (Phi) is 9.29. The number of amides is 1. The minimum atomic E-state index is -3.72. The minimum Gasteiger partial charge on any atom is -0.493 e. The monoisotopic (exact) mass is 539 g/mol. The van der Waals surface area contributed by atoms with E-state index >= 15 is 0 Å². The van der Waals surface area contributed by atoms with Crippen LogP contribution in [-0.4, -0.2) is 26.0 Å². The van der Waals surface area contributed by atoms with Crippen molar-refractivity contribution in [3.05, 3.63) is 83.9 Å². The van der Waals surface area contributed by atoms with Crippen LogP contribution in [0.25, 0.3) is 0 Å². The van der Waals surface area contributed by atoms with E-state index in [1.54, 1.807) is 36.4 Å². The first-order valence-electron chi connectivity index (χ1n) is 12.0. The van der Waals surface area contributed by atoms with Gasteiger partial charge >= 0.3 is 0 Å². The summed E-state index contributed by atoms with van der Waals surface area (Å²) in [6.07, 6.45) is 1.33. The number of benzene rings is 3. The van der Waals surface area contributed by atoms with Crippen LogP contribution in [0, 0.1) is 19.3 Å². The summed E-state index contributed by atoms with van der Waals surface area (Å²) in [7, 11) is -3.72. The zero-order chi connectivity index (χ0) is 27.1. The van der Waals surface area contributed by atoms with Gasteiger partial charge in [-0.1, -0.05) is 44.2 Å². The highest BCUT2D eigenvalue weighted by Crippen LogP contribution is 2.24. The van der Waals surface area contributed by atoms with E-state index in [-0.39, 0.29) is 15.9 Å². The average Bonchev–Trinajstić information content (AvgIpc) is 2.84. The van der Waals surface area contributed by atoms with E-state index < -0.39 is 15.4 Å². The number of anilines is 2. The molecule has 0 aliphatic heterocycles. The van der Waals surface area contributed by atoms with Crippen LogP contribution in [0.2, 0.25) is 0 Å². The van der Waals surface area contributed by atoms with Crippen molar-refractivity contribution in [2.45, 2.75) is 45.4 Å². The molecule has 9 heteroatoms. The van der Waals surface area contributed by atoms with Gasteiger partial charge in [-0.25, -0.2) is 8.42 Å². The molecule has 0 unspecified atom stereocenters. The van der Waals surface area contributed by atoms with Crippen LogP contribution < -0.4 is 20.1 Å². The fraction of sp³-hybridized carbons (Fsp3) is 0.286. The van der Waals surface area contributed by atoms with Gasteiger partial charge in [0.05, 0.1) is 11.5 Å². The molecule has 3 aromatic rings. The SMILES string of the molecule is Cc1ccc(C)c(OCCCC(C)(C)C(=O)NC(=S)Nc2ccc(S(=O)(=O)Nc3ccccc3)cc2)c1. The fourth-order valence-corrected chi connectivity index (χ4v) is 4.81. The molecular formula is C28H33N3O4S2. The van der Waals surface area contributed by atoms with Crippen LogP contribution in [0.1, 0.15) is 37.8 Å². The van der Waals surface area contributed by atoms with Crippen LogP contribution in [0.15, 0.2) is 77.7 Å². The normalized spacial score (nSPS) is 11.5. The second-order valence-corrected chi connectivity index (χ2v) is 11.6. The Hall–Kier alpha value is -3.43. The molecular weight excluding hydrogens is 506 g/mol. The van der Waals surface area contributed by atoms with Gasteiger partial charge in [0.2, 0.25) is 5.91 Å². The van der Waals surface area contributed by atoms with Crippen molar-refractivity contribution >= 4 is 44.6 Å². The molecule has 1 amide bonds. The Morgan fingerprint density at radius 3 is 2.30 bits per heavy atom. The second-order valence-electron chi connectivity index (χ2n) is 9.51. The molecule has 37 heavy (non-hydrogen) atoms. The summed E-state index contributed by atoms with van der Waals surface area (Å²) in [5, 5.41) is 5.81. The smallest absolute Gasteiger partial charge is 0.261 e. The molecule has 196 valence electrons. The molecule has 0 heterocycles. The summed E-state index contributed by atoms with van der Waals surface area (Å²) in [5.41, 5.74) is 2.60. The van der Waals surface area contributed by atoms with Gasteiger partial charge in [0.25, 0.3) is 10.0 Å². The highest BCUT2D eigenvalue weighted by Gasteiger charge is 2.28. The Labute approximate surface area is 224 Å². The summed E-state index contributed by atoms with van der Waals surface area (Å²) >= 11 is 5.30. The quantitative estimate of drug-likeness (QED) is 0.223. The molecule has 0 fully saturated rings.